The van der Waals surface area contributed by atoms with Gasteiger partial charge < -0.3 is 0 Å². The first kappa shape index (κ1) is 10.8. The van der Waals surface area contributed by atoms with Crippen molar-refractivity contribution in [3.63, 3.8) is 0 Å². The Morgan fingerprint density at radius 2 is 2.19 bits per heavy atom. The SMILES string of the molecule is O=C1CC=CC=C1C(=O)NN1CC=CCC1. The molecule has 0 saturated carbocycles. The number of hydrogen-bond donors (Lipinski definition) is 1. The fourth-order valence-electron chi connectivity index (χ4n) is 1.69. The second kappa shape index (κ2) is 4.90. The monoisotopic (exact) mass is 218 g/mol. The van der Waals surface area contributed by atoms with Crippen LogP contribution < -0.4 is 5.43 Å². The Morgan fingerprint density at radius 3 is 2.88 bits per heavy atom. The van der Waals surface area contributed by atoms with Crippen molar-refractivity contribution in [1.29, 1.82) is 0 Å². The van der Waals surface area contributed by atoms with E-state index in [-0.39, 0.29) is 17.3 Å². The van der Waals surface area contributed by atoms with Crippen LogP contribution in [0.25, 0.3) is 0 Å². The number of amides is 1. The van der Waals surface area contributed by atoms with Gasteiger partial charge in [-0.2, -0.15) is 0 Å². The van der Waals surface area contributed by atoms with Crippen molar-refractivity contribution in [3.8, 4) is 0 Å². The normalized spacial score (nSPS) is 20.8. The number of allylic oxidation sites excluding steroid dienone is 3. The summed E-state index contributed by atoms with van der Waals surface area (Å²) in [6, 6.07) is 0. The molecule has 2 aliphatic rings. The molecule has 1 amide bonds. The van der Waals surface area contributed by atoms with Gasteiger partial charge >= 0.3 is 0 Å². The predicted molar refractivity (Wildman–Crippen MR) is 60.3 cm³/mol. The molecule has 0 aromatic rings. The van der Waals surface area contributed by atoms with E-state index in [1.54, 1.807) is 18.2 Å². The van der Waals surface area contributed by atoms with Crippen molar-refractivity contribution in [2.45, 2.75) is 12.8 Å². The van der Waals surface area contributed by atoms with Crippen LogP contribution in [0.2, 0.25) is 0 Å². The lowest BCUT2D eigenvalue weighted by molar-refractivity contribution is -0.125. The molecule has 0 bridgehead atoms. The number of rotatable bonds is 2. The lowest BCUT2D eigenvalue weighted by Crippen LogP contribution is -2.45. The van der Waals surface area contributed by atoms with Crippen LogP contribution in [0.15, 0.2) is 36.0 Å². The first-order chi connectivity index (χ1) is 7.77. The molecule has 84 valence electrons. The molecule has 1 heterocycles. The minimum absolute atomic E-state index is 0.118. The summed E-state index contributed by atoms with van der Waals surface area (Å²) < 4.78 is 0. The van der Waals surface area contributed by atoms with Crippen LogP contribution >= 0.6 is 0 Å². The molecule has 0 fully saturated rings. The first-order valence-electron chi connectivity index (χ1n) is 5.38. The molecule has 1 aliphatic carbocycles. The molecular weight excluding hydrogens is 204 g/mol. The number of nitrogens with one attached hydrogen (secondary N) is 1. The summed E-state index contributed by atoms with van der Waals surface area (Å²) in [6.45, 7) is 1.49. The number of carbonyl (C=O) groups is 2. The minimum Gasteiger partial charge on any atom is -0.294 e. The minimum atomic E-state index is -0.301. The van der Waals surface area contributed by atoms with E-state index in [9.17, 15) is 9.59 Å². The molecule has 0 radical (unpaired) electrons. The summed E-state index contributed by atoms with van der Waals surface area (Å²) in [7, 11) is 0. The fourth-order valence-corrected chi connectivity index (χ4v) is 1.69. The third-order valence-electron chi connectivity index (χ3n) is 2.57. The van der Waals surface area contributed by atoms with Crippen molar-refractivity contribution in [1.82, 2.24) is 10.4 Å². The molecule has 0 spiro atoms. The number of Topliss-reactive ketones (excluding diaryl/α,β-unsaturated/α-hetero) is 1. The first-order valence-corrected chi connectivity index (χ1v) is 5.38. The van der Waals surface area contributed by atoms with E-state index in [4.69, 9.17) is 0 Å². The van der Waals surface area contributed by atoms with E-state index in [0.717, 1.165) is 13.0 Å². The highest BCUT2D eigenvalue weighted by Gasteiger charge is 2.20. The molecule has 2 rings (SSSR count). The zero-order valence-corrected chi connectivity index (χ0v) is 8.98. The number of nitrogens with zero attached hydrogens (tertiary/aromatic N) is 1. The lowest BCUT2D eigenvalue weighted by atomic mass is 10.0. The van der Waals surface area contributed by atoms with E-state index >= 15 is 0 Å². The van der Waals surface area contributed by atoms with Crippen LogP contribution in [0.5, 0.6) is 0 Å². The maximum absolute atomic E-state index is 11.8. The molecule has 4 nitrogen and oxygen atoms in total. The van der Waals surface area contributed by atoms with Crippen molar-refractivity contribution in [2.75, 3.05) is 13.1 Å². The van der Waals surface area contributed by atoms with Gasteiger partial charge in [0.1, 0.15) is 0 Å². The zero-order chi connectivity index (χ0) is 11.4. The van der Waals surface area contributed by atoms with Gasteiger partial charge in [0, 0.05) is 19.5 Å². The van der Waals surface area contributed by atoms with Gasteiger partial charge in [-0.15, -0.1) is 0 Å². The highest BCUT2D eigenvalue weighted by Crippen LogP contribution is 2.08. The molecular formula is C12H14N2O2. The number of carbonyl (C=O) groups excluding carboxylic acids is 2. The number of hydrogen-bond acceptors (Lipinski definition) is 3. The van der Waals surface area contributed by atoms with Crippen LogP contribution in [0.4, 0.5) is 0 Å². The lowest BCUT2D eigenvalue weighted by Gasteiger charge is -2.24. The Hall–Kier alpha value is -1.68. The smallest absolute Gasteiger partial charge is 0.269 e. The van der Waals surface area contributed by atoms with E-state index in [1.807, 2.05) is 11.1 Å². The third-order valence-corrected chi connectivity index (χ3v) is 2.57. The van der Waals surface area contributed by atoms with Crippen LogP contribution in [0.3, 0.4) is 0 Å². The van der Waals surface area contributed by atoms with Crippen LogP contribution in [0.1, 0.15) is 12.8 Å². The van der Waals surface area contributed by atoms with Crippen LogP contribution in [-0.4, -0.2) is 29.8 Å². The average molecular weight is 218 g/mol. The molecule has 1 N–H and O–H groups in total. The van der Waals surface area contributed by atoms with Gasteiger partial charge in [0.15, 0.2) is 5.78 Å². The van der Waals surface area contributed by atoms with E-state index in [2.05, 4.69) is 11.5 Å². The second-order valence-corrected chi connectivity index (χ2v) is 3.78. The standard InChI is InChI=1S/C12H14N2O2/c15-11-7-3-2-6-10(11)12(16)13-14-8-4-1-5-9-14/h1-4,6H,5,7-9H2,(H,13,16). The Balaban J connectivity index is 1.97. The van der Waals surface area contributed by atoms with Gasteiger partial charge in [-0.3, -0.25) is 15.0 Å². The average Bonchev–Trinajstić information content (AvgIpc) is 2.31. The van der Waals surface area contributed by atoms with Gasteiger partial charge in [0.25, 0.3) is 5.91 Å². The van der Waals surface area contributed by atoms with Gasteiger partial charge in [-0.25, -0.2) is 5.01 Å². The summed E-state index contributed by atoms with van der Waals surface area (Å²) in [5.41, 5.74) is 2.99. The van der Waals surface area contributed by atoms with E-state index in [1.165, 1.54) is 0 Å². The molecule has 0 unspecified atom stereocenters. The maximum Gasteiger partial charge on any atom is 0.269 e. The Bertz CT molecular complexity index is 394. The Morgan fingerprint density at radius 1 is 1.31 bits per heavy atom. The van der Waals surface area contributed by atoms with Crippen molar-refractivity contribution >= 4 is 11.7 Å². The Kier molecular flexibility index (Phi) is 3.31. The van der Waals surface area contributed by atoms with Gasteiger partial charge in [0.05, 0.1) is 5.57 Å². The highest BCUT2D eigenvalue weighted by atomic mass is 16.2. The quantitative estimate of drug-likeness (QED) is 0.549. The molecule has 0 atom stereocenters. The highest BCUT2D eigenvalue weighted by molar-refractivity contribution is 6.20. The molecule has 4 heteroatoms. The fraction of sp³-hybridized carbons (Fsp3) is 0.333. The van der Waals surface area contributed by atoms with Crippen molar-refractivity contribution in [2.24, 2.45) is 0 Å². The maximum atomic E-state index is 11.8. The predicted octanol–water partition coefficient (Wildman–Crippen LogP) is 0.735. The van der Waals surface area contributed by atoms with E-state index < -0.39 is 0 Å². The topological polar surface area (TPSA) is 49.4 Å². The molecule has 1 aliphatic heterocycles. The summed E-state index contributed by atoms with van der Waals surface area (Å²) in [6.07, 6.45) is 10.4. The van der Waals surface area contributed by atoms with Crippen molar-refractivity contribution in [3.05, 3.63) is 36.0 Å². The summed E-state index contributed by atoms with van der Waals surface area (Å²) in [5, 5.41) is 1.81. The summed E-state index contributed by atoms with van der Waals surface area (Å²) in [5.74, 6) is -0.419. The summed E-state index contributed by atoms with van der Waals surface area (Å²) in [4.78, 5) is 23.2. The molecule has 16 heavy (non-hydrogen) atoms. The van der Waals surface area contributed by atoms with Gasteiger partial charge in [0.2, 0.25) is 0 Å². The molecule has 0 aromatic carbocycles. The third kappa shape index (κ3) is 2.46. The Labute approximate surface area is 94.3 Å². The van der Waals surface area contributed by atoms with E-state index in [0.29, 0.717) is 13.0 Å². The summed E-state index contributed by atoms with van der Waals surface area (Å²) >= 11 is 0. The number of hydrazine groups is 1. The zero-order valence-electron chi connectivity index (χ0n) is 8.98. The van der Waals surface area contributed by atoms with Crippen molar-refractivity contribution < 1.29 is 9.59 Å². The van der Waals surface area contributed by atoms with Crippen LogP contribution in [-0.2, 0) is 9.59 Å². The molecule has 0 aromatic heterocycles. The van der Waals surface area contributed by atoms with Gasteiger partial charge in [-0.05, 0) is 12.5 Å². The second-order valence-electron chi connectivity index (χ2n) is 3.78. The largest absolute Gasteiger partial charge is 0.294 e. The molecule has 0 saturated heterocycles. The number of ketones is 1. The van der Waals surface area contributed by atoms with Gasteiger partial charge in [-0.1, -0.05) is 24.3 Å². The van der Waals surface area contributed by atoms with Crippen LogP contribution in [0, 0.1) is 0 Å².